The van der Waals surface area contributed by atoms with Gasteiger partial charge in [-0.2, -0.15) is 0 Å². The van der Waals surface area contributed by atoms with E-state index >= 15 is 0 Å². The lowest BCUT2D eigenvalue weighted by atomic mass is 10.1. The molecule has 0 saturated carbocycles. The van der Waals surface area contributed by atoms with Gasteiger partial charge in [0.05, 0.1) is 18.7 Å². The van der Waals surface area contributed by atoms with E-state index in [1.54, 1.807) is 25.3 Å². The molecule has 3 rings (SSSR count). The largest absolute Gasteiger partial charge is 0.496 e. The Hall–Kier alpha value is -2.69. The quantitative estimate of drug-likeness (QED) is 0.943. The van der Waals surface area contributed by atoms with Gasteiger partial charge in [-0.1, -0.05) is 24.3 Å². The van der Waals surface area contributed by atoms with Crippen LogP contribution in [0, 0.1) is 0 Å². The molecule has 0 radical (unpaired) electrons. The molecule has 2 aromatic rings. The molecule has 114 valence electrons. The van der Waals surface area contributed by atoms with Crippen LogP contribution in [0.25, 0.3) is 0 Å². The second-order valence-corrected chi connectivity index (χ2v) is 4.98. The lowest BCUT2D eigenvalue weighted by Crippen LogP contribution is -2.27. The van der Waals surface area contributed by atoms with Gasteiger partial charge in [0.25, 0.3) is 5.91 Å². The Kier molecular flexibility index (Phi) is 3.87. The Labute approximate surface area is 128 Å². The maximum absolute atomic E-state index is 12.5. The average molecular weight is 299 g/mol. The summed E-state index contributed by atoms with van der Waals surface area (Å²) in [5.41, 5.74) is 1.39. The first-order chi connectivity index (χ1) is 10.7. The molecule has 1 amide bonds. The van der Waals surface area contributed by atoms with Crippen LogP contribution in [0.1, 0.15) is 28.9 Å². The van der Waals surface area contributed by atoms with E-state index in [0.29, 0.717) is 17.1 Å². The number of hydrogen-bond acceptors (Lipinski definition) is 4. The molecule has 0 saturated heterocycles. The van der Waals surface area contributed by atoms with E-state index < -0.39 is 0 Å². The van der Waals surface area contributed by atoms with Gasteiger partial charge in [-0.3, -0.25) is 4.79 Å². The zero-order chi connectivity index (χ0) is 15.5. The number of carbonyl (C=O) groups is 1. The Bertz CT molecular complexity index is 699. The molecular formula is C17H17NO4. The predicted octanol–water partition coefficient (Wildman–Crippen LogP) is 2.91. The van der Waals surface area contributed by atoms with Crippen LogP contribution >= 0.6 is 0 Å². The van der Waals surface area contributed by atoms with E-state index in [1.807, 2.05) is 31.2 Å². The molecule has 5 nitrogen and oxygen atoms in total. The first-order valence-corrected chi connectivity index (χ1v) is 7.03. The van der Waals surface area contributed by atoms with Gasteiger partial charge < -0.3 is 19.5 Å². The summed E-state index contributed by atoms with van der Waals surface area (Å²) in [7, 11) is 1.61. The van der Waals surface area contributed by atoms with E-state index in [4.69, 9.17) is 14.2 Å². The smallest absolute Gasteiger partial charge is 0.255 e. The number of benzene rings is 2. The molecule has 1 aliphatic heterocycles. The number of rotatable bonds is 4. The minimum Gasteiger partial charge on any atom is -0.496 e. The molecule has 2 aromatic carbocycles. The Morgan fingerprint density at radius 1 is 1.18 bits per heavy atom. The van der Waals surface area contributed by atoms with Gasteiger partial charge in [-0.25, -0.2) is 0 Å². The molecule has 1 unspecified atom stereocenters. The van der Waals surface area contributed by atoms with E-state index in [9.17, 15) is 4.79 Å². The number of methoxy groups -OCH3 is 1. The summed E-state index contributed by atoms with van der Waals surface area (Å²) in [6.07, 6.45) is 0. The predicted molar refractivity (Wildman–Crippen MR) is 81.4 cm³/mol. The lowest BCUT2D eigenvalue weighted by molar-refractivity contribution is 0.0935. The zero-order valence-electron chi connectivity index (χ0n) is 12.5. The fourth-order valence-electron chi connectivity index (χ4n) is 2.49. The normalized spacial score (nSPS) is 13.5. The van der Waals surface area contributed by atoms with Crippen molar-refractivity contribution in [3.8, 4) is 17.2 Å². The molecule has 1 N–H and O–H groups in total. The van der Waals surface area contributed by atoms with Crippen LogP contribution in [0.2, 0.25) is 0 Å². The summed E-state index contributed by atoms with van der Waals surface area (Å²) in [6.45, 7) is 2.05. The van der Waals surface area contributed by atoms with E-state index in [2.05, 4.69) is 5.32 Å². The number of ether oxygens (including phenoxy) is 3. The van der Waals surface area contributed by atoms with Gasteiger partial charge in [0, 0.05) is 5.56 Å². The first-order valence-electron chi connectivity index (χ1n) is 7.03. The van der Waals surface area contributed by atoms with Crippen molar-refractivity contribution in [3.05, 3.63) is 53.6 Å². The zero-order valence-corrected chi connectivity index (χ0v) is 12.5. The molecular weight excluding hydrogens is 282 g/mol. The molecule has 0 fully saturated rings. The molecule has 0 aromatic heterocycles. The van der Waals surface area contributed by atoms with Crippen molar-refractivity contribution in [1.82, 2.24) is 5.32 Å². The van der Waals surface area contributed by atoms with Crippen molar-refractivity contribution in [1.29, 1.82) is 0 Å². The highest BCUT2D eigenvalue weighted by atomic mass is 16.7. The highest BCUT2D eigenvalue weighted by Gasteiger charge is 2.23. The maximum Gasteiger partial charge on any atom is 0.255 e. The standard InChI is InChI=1S/C17H17NO4/c1-11(12-6-3-4-8-14(12)20-2)18-17(19)13-7-5-9-15-16(13)22-10-21-15/h3-9,11H,10H2,1-2H3,(H,18,19). The van der Waals surface area contributed by atoms with Crippen LogP contribution in [0.5, 0.6) is 17.2 Å². The minimum atomic E-state index is -0.208. The minimum absolute atomic E-state index is 0.141. The van der Waals surface area contributed by atoms with Gasteiger partial charge in [0.1, 0.15) is 5.75 Å². The average Bonchev–Trinajstić information content (AvgIpc) is 3.03. The SMILES string of the molecule is COc1ccccc1C(C)NC(=O)c1cccc2c1OCO2. The van der Waals surface area contributed by atoms with E-state index in [0.717, 1.165) is 11.3 Å². The molecule has 1 heterocycles. The number of carbonyl (C=O) groups excluding carboxylic acids is 1. The highest BCUT2D eigenvalue weighted by molar-refractivity contribution is 5.98. The number of para-hydroxylation sites is 2. The van der Waals surface area contributed by atoms with Crippen LogP contribution in [-0.2, 0) is 0 Å². The second kappa shape index (κ2) is 5.97. The fourth-order valence-corrected chi connectivity index (χ4v) is 2.49. The van der Waals surface area contributed by atoms with Crippen molar-refractivity contribution in [3.63, 3.8) is 0 Å². The third-order valence-corrected chi connectivity index (χ3v) is 3.59. The molecule has 1 aliphatic rings. The molecule has 0 bridgehead atoms. The number of fused-ring (bicyclic) bond motifs is 1. The van der Waals surface area contributed by atoms with Gasteiger partial charge in [-0.15, -0.1) is 0 Å². The second-order valence-electron chi connectivity index (χ2n) is 4.98. The summed E-state index contributed by atoms with van der Waals surface area (Å²) in [5.74, 6) is 1.62. The summed E-state index contributed by atoms with van der Waals surface area (Å²) in [4.78, 5) is 12.5. The van der Waals surface area contributed by atoms with Crippen LogP contribution in [0.15, 0.2) is 42.5 Å². The summed E-state index contributed by atoms with van der Waals surface area (Å²) in [6, 6.07) is 12.7. The topological polar surface area (TPSA) is 56.8 Å². The Morgan fingerprint density at radius 3 is 2.82 bits per heavy atom. The molecule has 1 atom stereocenters. The Morgan fingerprint density at radius 2 is 2.00 bits per heavy atom. The van der Waals surface area contributed by atoms with Gasteiger partial charge in [0.15, 0.2) is 11.5 Å². The highest BCUT2D eigenvalue weighted by Crippen LogP contribution is 2.35. The van der Waals surface area contributed by atoms with Gasteiger partial charge in [-0.05, 0) is 25.1 Å². The third kappa shape index (κ3) is 2.57. The summed E-state index contributed by atoms with van der Waals surface area (Å²) in [5, 5.41) is 2.96. The van der Waals surface area contributed by atoms with Crippen molar-refractivity contribution in [2.45, 2.75) is 13.0 Å². The van der Waals surface area contributed by atoms with Crippen LogP contribution in [0.4, 0.5) is 0 Å². The maximum atomic E-state index is 12.5. The van der Waals surface area contributed by atoms with Crippen molar-refractivity contribution < 1.29 is 19.0 Å². The van der Waals surface area contributed by atoms with Gasteiger partial charge >= 0.3 is 0 Å². The molecule has 0 spiro atoms. The fraction of sp³-hybridized carbons (Fsp3) is 0.235. The van der Waals surface area contributed by atoms with Crippen LogP contribution in [0.3, 0.4) is 0 Å². The molecule has 22 heavy (non-hydrogen) atoms. The van der Waals surface area contributed by atoms with E-state index in [-0.39, 0.29) is 18.7 Å². The number of hydrogen-bond donors (Lipinski definition) is 1. The van der Waals surface area contributed by atoms with Crippen molar-refractivity contribution >= 4 is 5.91 Å². The first kappa shape index (κ1) is 14.3. The van der Waals surface area contributed by atoms with Crippen LogP contribution < -0.4 is 19.5 Å². The molecule has 5 heteroatoms. The van der Waals surface area contributed by atoms with Crippen LogP contribution in [-0.4, -0.2) is 19.8 Å². The Balaban J connectivity index is 1.81. The lowest BCUT2D eigenvalue weighted by Gasteiger charge is -2.17. The van der Waals surface area contributed by atoms with Gasteiger partial charge in [0.2, 0.25) is 6.79 Å². The van der Waals surface area contributed by atoms with E-state index in [1.165, 1.54) is 0 Å². The summed E-state index contributed by atoms with van der Waals surface area (Å²) >= 11 is 0. The molecule has 0 aliphatic carbocycles. The summed E-state index contributed by atoms with van der Waals surface area (Å²) < 4.78 is 16.0. The van der Waals surface area contributed by atoms with Crippen molar-refractivity contribution in [2.24, 2.45) is 0 Å². The monoisotopic (exact) mass is 299 g/mol. The number of amides is 1. The third-order valence-electron chi connectivity index (χ3n) is 3.59. The number of nitrogens with one attached hydrogen (secondary N) is 1. The van der Waals surface area contributed by atoms with Crippen molar-refractivity contribution in [2.75, 3.05) is 13.9 Å².